The molecule has 2 N–H and O–H groups in total. The number of rotatable bonds is 5. The van der Waals surface area contributed by atoms with E-state index in [9.17, 15) is 0 Å². The van der Waals surface area contributed by atoms with Crippen molar-refractivity contribution in [2.24, 2.45) is 10.8 Å². The molecular weight excluding hydrogens is 366 g/mol. The van der Waals surface area contributed by atoms with E-state index in [1.54, 1.807) is 12.4 Å². The first-order valence-corrected chi connectivity index (χ1v) is 9.30. The van der Waals surface area contributed by atoms with Crippen LogP contribution >= 0.6 is 12.2 Å². The summed E-state index contributed by atoms with van der Waals surface area (Å²) in [5.74, 6) is 0. The zero-order valence-electron chi connectivity index (χ0n) is 16.2. The van der Waals surface area contributed by atoms with Gasteiger partial charge in [-0.2, -0.15) is 5.10 Å². The third kappa shape index (κ3) is 4.35. The van der Waals surface area contributed by atoms with Crippen molar-refractivity contribution in [1.29, 1.82) is 0 Å². The standard InChI is InChI=1S/C22H23N5S/c1-16-20(17-7-5-4-6-8-17)13-14-24-21(16)15-25-27(22(23)28)19-11-9-18(10-12-19)26(2)3/h4-15H,1-3H3,(H2,23,28)/b25-15-. The Morgan fingerprint density at radius 3 is 2.25 bits per heavy atom. The van der Waals surface area contributed by atoms with E-state index in [0.717, 1.165) is 33.8 Å². The number of nitrogens with zero attached hydrogens (tertiary/aromatic N) is 4. The molecule has 1 aromatic heterocycles. The molecule has 2 aromatic carbocycles. The Morgan fingerprint density at radius 1 is 1.00 bits per heavy atom. The van der Waals surface area contributed by atoms with Crippen LogP contribution in [-0.4, -0.2) is 30.4 Å². The zero-order valence-corrected chi connectivity index (χ0v) is 17.0. The molecule has 3 aromatic rings. The van der Waals surface area contributed by atoms with E-state index in [0.29, 0.717) is 0 Å². The zero-order chi connectivity index (χ0) is 20.1. The summed E-state index contributed by atoms with van der Waals surface area (Å²) in [7, 11) is 3.99. The first-order chi connectivity index (χ1) is 13.5. The van der Waals surface area contributed by atoms with E-state index in [1.165, 1.54) is 5.01 Å². The first-order valence-electron chi connectivity index (χ1n) is 8.89. The van der Waals surface area contributed by atoms with Gasteiger partial charge in [-0.15, -0.1) is 0 Å². The van der Waals surface area contributed by atoms with Crippen molar-refractivity contribution in [3.8, 4) is 11.1 Å². The van der Waals surface area contributed by atoms with E-state index in [1.807, 2.05) is 74.4 Å². The summed E-state index contributed by atoms with van der Waals surface area (Å²) in [6.07, 6.45) is 3.48. The smallest absolute Gasteiger partial charge is 0.191 e. The molecule has 1 heterocycles. The molecule has 0 aliphatic heterocycles. The molecule has 0 bridgehead atoms. The minimum Gasteiger partial charge on any atom is -0.378 e. The normalized spacial score (nSPS) is 10.8. The lowest BCUT2D eigenvalue weighted by atomic mass is 10.0. The lowest BCUT2D eigenvalue weighted by Crippen LogP contribution is -2.31. The first kappa shape index (κ1) is 19.5. The van der Waals surface area contributed by atoms with Gasteiger partial charge in [-0.3, -0.25) is 4.98 Å². The average Bonchev–Trinajstić information content (AvgIpc) is 2.70. The Kier molecular flexibility index (Phi) is 6.01. The van der Waals surface area contributed by atoms with Gasteiger partial charge >= 0.3 is 0 Å². The third-order valence-electron chi connectivity index (χ3n) is 4.44. The van der Waals surface area contributed by atoms with Crippen LogP contribution in [-0.2, 0) is 0 Å². The number of benzene rings is 2. The van der Waals surface area contributed by atoms with Gasteiger partial charge < -0.3 is 10.6 Å². The number of anilines is 2. The van der Waals surface area contributed by atoms with Gasteiger partial charge in [0, 0.05) is 26.0 Å². The molecule has 0 atom stereocenters. The summed E-state index contributed by atoms with van der Waals surface area (Å²) in [4.78, 5) is 6.49. The van der Waals surface area contributed by atoms with E-state index >= 15 is 0 Å². The summed E-state index contributed by atoms with van der Waals surface area (Å²) >= 11 is 5.19. The number of aromatic nitrogens is 1. The fourth-order valence-electron chi connectivity index (χ4n) is 2.87. The van der Waals surface area contributed by atoms with Crippen LogP contribution in [0.4, 0.5) is 11.4 Å². The fraction of sp³-hybridized carbons (Fsp3) is 0.136. The molecule has 5 nitrogen and oxygen atoms in total. The van der Waals surface area contributed by atoms with Crippen LogP contribution in [0.5, 0.6) is 0 Å². The van der Waals surface area contributed by atoms with Gasteiger partial charge in [-0.1, -0.05) is 30.3 Å². The Labute approximate surface area is 171 Å². The van der Waals surface area contributed by atoms with Crippen LogP contribution in [0.2, 0.25) is 0 Å². The molecule has 0 saturated heterocycles. The van der Waals surface area contributed by atoms with Crippen LogP contribution in [0.1, 0.15) is 11.3 Å². The second-order valence-electron chi connectivity index (χ2n) is 6.54. The van der Waals surface area contributed by atoms with Crippen molar-refractivity contribution in [3.63, 3.8) is 0 Å². The van der Waals surface area contributed by atoms with Crippen molar-refractivity contribution in [2.75, 3.05) is 24.0 Å². The van der Waals surface area contributed by atoms with Gasteiger partial charge in [0.25, 0.3) is 0 Å². The molecule has 0 radical (unpaired) electrons. The molecule has 0 fully saturated rings. The van der Waals surface area contributed by atoms with Crippen molar-refractivity contribution in [1.82, 2.24) is 4.98 Å². The monoisotopic (exact) mass is 389 g/mol. The molecule has 3 rings (SSSR count). The van der Waals surface area contributed by atoms with Crippen molar-refractivity contribution in [3.05, 3.63) is 78.1 Å². The minimum absolute atomic E-state index is 0.172. The van der Waals surface area contributed by atoms with Gasteiger partial charge in [0.15, 0.2) is 5.11 Å². The van der Waals surface area contributed by atoms with Gasteiger partial charge in [0.1, 0.15) is 0 Å². The molecule has 6 heteroatoms. The molecule has 0 unspecified atom stereocenters. The van der Waals surface area contributed by atoms with E-state index in [4.69, 9.17) is 18.0 Å². The molecule has 0 aliphatic carbocycles. The molecule has 0 saturated carbocycles. The summed E-state index contributed by atoms with van der Waals surface area (Å²) in [6.45, 7) is 2.04. The maximum atomic E-state index is 5.90. The van der Waals surface area contributed by atoms with Crippen LogP contribution in [0, 0.1) is 6.92 Å². The topological polar surface area (TPSA) is 57.8 Å². The number of hydrogen-bond donors (Lipinski definition) is 1. The molecule has 0 spiro atoms. The van der Waals surface area contributed by atoms with E-state index < -0.39 is 0 Å². The number of nitrogens with two attached hydrogens (primary N) is 1. The SMILES string of the molecule is Cc1c(-c2ccccc2)ccnc1/C=N\N(C(N)=S)c1ccc(N(C)C)cc1. The number of thiocarbonyl (C=S) groups is 1. The maximum absolute atomic E-state index is 5.90. The predicted molar refractivity (Wildman–Crippen MR) is 122 cm³/mol. The molecule has 0 aliphatic rings. The second kappa shape index (κ2) is 8.63. The van der Waals surface area contributed by atoms with Gasteiger partial charge in [0.2, 0.25) is 0 Å². The van der Waals surface area contributed by atoms with E-state index in [-0.39, 0.29) is 5.11 Å². The lowest BCUT2D eigenvalue weighted by molar-refractivity contribution is 1.11. The average molecular weight is 390 g/mol. The Balaban J connectivity index is 1.91. The van der Waals surface area contributed by atoms with Crippen LogP contribution < -0.4 is 15.6 Å². The second-order valence-corrected chi connectivity index (χ2v) is 6.96. The summed E-state index contributed by atoms with van der Waals surface area (Å²) in [5, 5.41) is 6.20. The molecular formula is C22H23N5S. The third-order valence-corrected chi connectivity index (χ3v) is 4.62. The van der Waals surface area contributed by atoms with Crippen molar-refractivity contribution >= 4 is 34.9 Å². The highest BCUT2D eigenvalue weighted by Gasteiger charge is 2.10. The summed E-state index contributed by atoms with van der Waals surface area (Å²) < 4.78 is 0. The van der Waals surface area contributed by atoms with E-state index in [2.05, 4.69) is 22.2 Å². The number of hydrazone groups is 1. The lowest BCUT2D eigenvalue weighted by Gasteiger charge is -2.19. The number of hydrogen-bond acceptors (Lipinski definition) is 4. The fourth-order valence-corrected chi connectivity index (χ4v) is 3.02. The highest BCUT2D eigenvalue weighted by atomic mass is 32.1. The van der Waals surface area contributed by atoms with Crippen molar-refractivity contribution < 1.29 is 0 Å². The highest BCUT2D eigenvalue weighted by Crippen LogP contribution is 2.24. The number of pyridine rings is 1. The Morgan fingerprint density at radius 2 is 1.64 bits per heavy atom. The maximum Gasteiger partial charge on any atom is 0.191 e. The van der Waals surface area contributed by atoms with Gasteiger partial charge in [-0.25, -0.2) is 5.01 Å². The molecule has 28 heavy (non-hydrogen) atoms. The van der Waals surface area contributed by atoms with Crippen LogP contribution in [0.15, 0.2) is 72.0 Å². The van der Waals surface area contributed by atoms with Crippen LogP contribution in [0.3, 0.4) is 0 Å². The Hall–Kier alpha value is -3.25. The summed E-state index contributed by atoms with van der Waals surface area (Å²) in [6, 6.07) is 20.1. The predicted octanol–water partition coefficient (Wildman–Crippen LogP) is 4.21. The highest BCUT2D eigenvalue weighted by molar-refractivity contribution is 7.80. The largest absolute Gasteiger partial charge is 0.378 e. The van der Waals surface area contributed by atoms with Crippen LogP contribution in [0.25, 0.3) is 11.1 Å². The van der Waals surface area contributed by atoms with Crippen molar-refractivity contribution in [2.45, 2.75) is 6.92 Å². The Bertz CT molecular complexity index is 982. The van der Waals surface area contributed by atoms with Gasteiger partial charge in [-0.05, 0) is 66.2 Å². The van der Waals surface area contributed by atoms with Gasteiger partial charge in [0.05, 0.1) is 17.6 Å². The molecule has 142 valence electrons. The summed E-state index contributed by atoms with van der Waals surface area (Å²) in [5.41, 5.74) is 11.9. The minimum atomic E-state index is 0.172. The quantitative estimate of drug-likeness (QED) is 0.402. The molecule has 0 amide bonds.